The minimum absolute atomic E-state index is 0.204. The smallest absolute Gasteiger partial charge is 0.266 e. The van der Waals surface area contributed by atoms with Crippen molar-refractivity contribution in [3.63, 3.8) is 0 Å². The first-order chi connectivity index (χ1) is 11.1. The van der Waals surface area contributed by atoms with Crippen molar-refractivity contribution in [2.75, 3.05) is 5.75 Å². The van der Waals surface area contributed by atoms with Crippen LogP contribution >= 0.6 is 23.4 Å². The van der Waals surface area contributed by atoms with Crippen LogP contribution in [0.4, 0.5) is 4.39 Å². The summed E-state index contributed by atoms with van der Waals surface area (Å²) in [7, 11) is 0. The summed E-state index contributed by atoms with van der Waals surface area (Å²) in [6, 6.07) is 12.8. The summed E-state index contributed by atoms with van der Waals surface area (Å²) in [5.74, 6) is 0.0620. The van der Waals surface area contributed by atoms with Crippen molar-refractivity contribution in [2.24, 2.45) is 0 Å². The minimum Gasteiger partial charge on any atom is -0.268 e. The zero-order valence-corrected chi connectivity index (χ0v) is 13.6. The summed E-state index contributed by atoms with van der Waals surface area (Å²) >= 11 is 7.13. The molecule has 0 saturated heterocycles. The predicted molar refractivity (Wildman–Crippen MR) is 93.0 cm³/mol. The second-order valence-electron chi connectivity index (χ2n) is 4.83. The standard InChI is InChI=1S/C17H12ClFN2OS/c1-11(18)10-23-17-20-15-5-3-2-4-14(15)16(22)21(17)13-8-6-12(19)7-9-13/h2-9H,1,10H2. The Balaban J connectivity index is 2.25. The van der Waals surface area contributed by atoms with E-state index in [1.807, 2.05) is 6.07 Å². The Bertz CT molecular complexity index is 937. The van der Waals surface area contributed by atoms with Crippen LogP contribution in [0.15, 0.2) is 70.1 Å². The van der Waals surface area contributed by atoms with E-state index in [0.29, 0.717) is 32.5 Å². The summed E-state index contributed by atoms with van der Waals surface area (Å²) < 4.78 is 14.6. The molecule has 6 heteroatoms. The fourth-order valence-corrected chi connectivity index (χ4v) is 3.10. The zero-order chi connectivity index (χ0) is 16.4. The Morgan fingerprint density at radius 3 is 2.61 bits per heavy atom. The van der Waals surface area contributed by atoms with Gasteiger partial charge in [0.15, 0.2) is 5.16 Å². The molecule has 0 bridgehead atoms. The number of aromatic nitrogens is 2. The molecule has 0 spiro atoms. The first-order valence-electron chi connectivity index (χ1n) is 6.80. The maximum atomic E-state index is 13.2. The van der Waals surface area contributed by atoms with Gasteiger partial charge in [-0.1, -0.05) is 42.1 Å². The Hall–Kier alpha value is -2.11. The number of hydrogen-bond acceptors (Lipinski definition) is 3. The molecule has 0 unspecified atom stereocenters. The normalized spacial score (nSPS) is 10.9. The van der Waals surface area contributed by atoms with Gasteiger partial charge in [-0.05, 0) is 36.4 Å². The van der Waals surface area contributed by atoms with Gasteiger partial charge in [0, 0.05) is 10.8 Å². The Kier molecular flexibility index (Phi) is 4.50. The van der Waals surface area contributed by atoms with Crippen molar-refractivity contribution in [1.29, 1.82) is 0 Å². The number of nitrogens with zero attached hydrogens (tertiary/aromatic N) is 2. The highest BCUT2D eigenvalue weighted by Crippen LogP contribution is 2.23. The average molecular weight is 347 g/mol. The second kappa shape index (κ2) is 6.56. The molecule has 1 heterocycles. The van der Waals surface area contributed by atoms with Gasteiger partial charge in [0.25, 0.3) is 5.56 Å². The molecule has 0 aliphatic carbocycles. The van der Waals surface area contributed by atoms with Gasteiger partial charge >= 0.3 is 0 Å². The van der Waals surface area contributed by atoms with Gasteiger partial charge in [0.2, 0.25) is 0 Å². The highest BCUT2D eigenvalue weighted by molar-refractivity contribution is 7.99. The van der Waals surface area contributed by atoms with E-state index >= 15 is 0 Å². The maximum Gasteiger partial charge on any atom is 0.266 e. The van der Waals surface area contributed by atoms with Crippen molar-refractivity contribution in [2.45, 2.75) is 5.16 Å². The van der Waals surface area contributed by atoms with Crippen molar-refractivity contribution < 1.29 is 4.39 Å². The van der Waals surface area contributed by atoms with Gasteiger partial charge in [-0.3, -0.25) is 9.36 Å². The van der Waals surface area contributed by atoms with Gasteiger partial charge in [-0.2, -0.15) is 0 Å². The van der Waals surface area contributed by atoms with Crippen molar-refractivity contribution in [1.82, 2.24) is 9.55 Å². The third kappa shape index (κ3) is 3.30. The van der Waals surface area contributed by atoms with Crippen molar-refractivity contribution >= 4 is 34.3 Å². The first kappa shape index (κ1) is 15.8. The summed E-state index contributed by atoms with van der Waals surface area (Å²) in [4.78, 5) is 17.4. The number of rotatable bonds is 4. The molecule has 3 rings (SSSR count). The molecular weight excluding hydrogens is 335 g/mol. The molecule has 0 aliphatic rings. The van der Waals surface area contributed by atoms with Crippen LogP contribution < -0.4 is 5.56 Å². The molecule has 0 saturated carbocycles. The van der Waals surface area contributed by atoms with Crippen molar-refractivity contribution in [3.8, 4) is 5.69 Å². The number of fused-ring (bicyclic) bond motifs is 1. The molecule has 116 valence electrons. The van der Waals surface area contributed by atoms with E-state index in [4.69, 9.17) is 11.6 Å². The van der Waals surface area contributed by atoms with Crippen LogP contribution in [0.1, 0.15) is 0 Å². The van der Waals surface area contributed by atoms with Gasteiger partial charge < -0.3 is 0 Å². The molecule has 23 heavy (non-hydrogen) atoms. The van der Waals surface area contributed by atoms with Crippen LogP contribution in [-0.4, -0.2) is 15.3 Å². The Morgan fingerprint density at radius 2 is 1.91 bits per heavy atom. The van der Waals surface area contributed by atoms with E-state index in [2.05, 4.69) is 11.6 Å². The number of hydrogen-bond donors (Lipinski definition) is 0. The lowest BCUT2D eigenvalue weighted by Crippen LogP contribution is -2.21. The van der Waals surface area contributed by atoms with Crippen LogP contribution in [0.3, 0.4) is 0 Å². The average Bonchev–Trinajstić information content (AvgIpc) is 2.54. The summed E-state index contributed by atoms with van der Waals surface area (Å²) in [5, 5.41) is 1.45. The molecule has 0 amide bonds. The third-order valence-corrected chi connectivity index (χ3v) is 4.50. The third-order valence-electron chi connectivity index (χ3n) is 3.19. The van der Waals surface area contributed by atoms with Gasteiger partial charge in [0.05, 0.1) is 16.6 Å². The van der Waals surface area contributed by atoms with E-state index in [1.165, 1.54) is 28.5 Å². The summed E-state index contributed by atoms with van der Waals surface area (Å²) in [5.41, 5.74) is 0.959. The van der Waals surface area contributed by atoms with Gasteiger partial charge in [-0.15, -0.1) is 0 Å². The predicted octanol–water partition coefficient (Wildman–Crippen LogP) is 4.37. The quantitative estimate of drug-likeness (QED) is 0.519. The molecular formula is C17H12ClFN2OS. The Labute approximate surface area is 141 Å². The lowest BCUT2D eigenvalue weighted by atomic mass is 10.2. The lowest BCUT2D eigenvalue weighted by Gasteiger charge is -2.13. The molecule has 0 fully saturated rings. The van der Waals surface area contributed by atoms with Gasteiger partial charge in [0.1, 0.15) is 5.82 Å². The zero-order valence-electron chi connectivity index (χ0n) is 12.0. The molecule has 0 N–H and O–H groups in total. The van der Waals surface area contributed by atoms with Crippen LogP contribution in [-0.2, 0) is 0 Å². The molecule has 1 aromatic heterocycles. The van der Waals surface area contributed by atoms with E-state index in [1.54, 1.807) is 30.3 Å². The monoisotopic (exact) mass is 346 g/mol. The number of thioether (sulfide) groups is 1. The molecule has 3 aromatic rings. The molecule has 0 aliphatic heterocycles. The topological polar surface area (TPSA) is 34.9 Å². The fourth-order valence-electron chi connectivity index (χ4n) is 2.17. The van der Waals surface area contributed by atoms with Crippen LogP contribution in [0, 0.1) is 5.82 Å². The Morgan fingerprint density at radius 1 is 1.22 bits per heavy atom. The number of halogens is 2. The van der Waals surface area contributed by atoms with Crippen molar-refractivity contribution in [3.05, 3.63) is 76.3 Å². The lowest BCUT2D eigenvalue weighted by molar-refractivity contribution is 0.627. The van der Waals surface area contributed by atoms with Crippen LogP contribution in [0.5, 0.6) is 0 Å². The minimum atomic E-state index is -0.362. The first-order valence-corrected chi connectivity index (χ1v) is 8.16. The SMILES string of the molecule is C=C(Cl)CSc1nc2ccccc2c(=O)n1-c1ccc(F)cc1. The number of para-hydroxylation sites is 1. The van der Waals surface area contributed by atoms with E-state index in [9.17, 15) is 9.18 Å². The highest BCUT2D eigenvalue weighted by atomic mass is 35.5. The van der Waals surface area contributed by atoms with E-state index in [0.717, 1.165) is 0 Å². The van der Waals surface area contributed by atoms with E-state index in [-0.39, 0.29) is 11.4 Å². The molecule has 3 nitrogen and oxygen atoms in total. The maximum absolute atomic E-state index is 13.2. The highest BCUT2D eigenvalue weighted by Gasteiger charge is 2.13. The van der Waals surface area contributed by atoms with Crippen LogP contribution in [0.25, 0.3) is 16.6 Å². The van der Waals surface area contributed by atoms with Crippen LogP contribution in [0.2, 0.25) is 0 Å². The number of benzene rings is 2. The molecule has 2 aromatic carbocycles. The van der Waals surface area contributed by atoms with E-state index < -0.39 is 0 Å². The summed E-state index contributed by atoms with van der Waals surface area (Å²) in [6.07, 6.45) is 0. The van der Waals surface area contributed by atoms with Gasteiger partial charge in [-0.25, -0.2) is 9.37 Å². The fraction of sp³-hybridized carbons (Fsp3) is 0.0588. The second-order valence-corrected chi connectivity index (χ2v) is 6.31. The summed E-state index contributed by atoms with van der Waals surface area (Å²) in [6.45, 7) is 3.65. The largest absolute Gasteiger partial charge is 0.268 e. The molecule has 0 atom stereocenters. The molecule has 0 radical (unpaired) electrons.